The molecule has 2 heterocycles. The van der Waals surface area contributed by atoms with Crippen LogP contribution in [-0.4, -0.2) is 25.9 Å². The number of fused-ring (bicyclic) bond motifs is 1. The fourth-order valence-electron chi connectivity index (χ4n) is 4.51. The van der Waals surface area contributed by atoms with Crippen LogP contribution in [0.2, 0.25) is 0 Å². The molecule has 0 aliphatic carbocycles. The predicted molar refractivity (Wildman–Crippen MR) is 131 cm³/mol. The third-order valence-electron chi connectivity index (χ3n) is 6.20. The summed E-state index contributed by atoms with van der Waals surface area (Å²) in [4.78, 5) is 13.9. The lowest BCUT2D eigenvalue weighted by atomic mass is 9.83. The van der Waals surface area contributed by atoms with E-state index >= 15 is 0 Å². The molecule has 2 N–H and O–H groups in total. The first-order chi connectivity index (χ1) is 16.9. The van der Waals surface area contributed by atoms with Gasteiger partial charge in [-0.05, 0) is 25.0 Å². The predicted octanol–water partition coefficient (Wildman–Crippen LogP) is 3.64. The number of ether oxygens (including phenoxy) is 4. The van der Waals surface area contributed by atoms with Gasteiger partial charge in [-0.1, -0.05) is 36.4 Å². The highest BCUT2D eigenvalue weighted by atomic mass is 16.5. The molecule has 0 saturated heterocycles. The van der Waals surface area contributed by atoms with E-state index in [-0.39, 0.29) is 17.0 Å². The van der Waals surface area contributed by atoms with E-state index in [0.717, 1.165) is 11.3 Å². The van der Waals surface area contributed by atoms with Gasteiger partial charge in [0.1, 0.15) is 17.4 Å². The average Bonchev–Trinajstić information content (AvgIpc) is 2.87. The summed E-state index contributed by atoms with van der Waals surface area (Å²) in [5.41, 5.74) is 8.74. The van der Waals surface area contributed by atoms with Gasteiger partial charge in [0.2, 0.25) is 11.6 Å². The smallest absolute Gasteiger partial charge is 0.258 e. The standard InChI is InChI=1S/C27H27N3O5/c1-16-14-21-23(27(31)30(16)13-12-17-8-6-5-7-9-17)22(19(15-28)26(29)35-21)18-10-11-20(32-2)25(34-4)24(18)33-3/h5-11,14,22H,12-13,29H2,1-4H3. The van der Waals surface area contributed by atoms with E-state index in [0.29, 0.717) is 47.1 Å². The van der Waals surface area contributed by atoms with Crippen molar-refractivity contribution in [2.75, 3.05) is 21.3 Å². The molecule has 0 bridgehead atoms. The monoisotopic (exact) mass is 473 g/mol. The number of nitrogens with two attached hydrogens (primary N) is 1. The topological polar surface area (TPSA) is 109 Å². The third-order valence-corrected chi connectivity index (χ3v) is 6.20. The summed E-state index contributed by atoms with van der Waals surface area (Å²) in [6.07, 6.45) is 0.675. The Kier molecular flexibility index (Phi) is 6.69. The number of aromatic nitrogens is 1. The van der Waals surface area contributed by atoms with Crippen molar-refractivity contribution in [3.05, 3.63) is 92.7 Å². The summed E-state index contributed by atoms with van der Waals surface area (Å²) in [5, 5.41) is 10.0. The Hall–Kier alpha value is -4.38. The Morgan fingerprint density at radius 1 is 1.06 bits per heavy atom. The van der Waals surface area contributed by atoms with Crippen molar-refractivity contribution in [2.45, 2.75) is 25.8 Å². The molecule has 35 heavy (non-hydrogen) atoms. The van der Waals surface area contributed by atoms with E-state index in [2.05, 4.69) is 6.07 Å². The fourth-order valence-corrected chi connectivity index (χ4v) is 4.51. The van der Waals surface area contributed by atoms with Crippen LogP contribution < -0.4 is 30.2 Å². The lowest BCUT2D eigenvalue weighted by molar-refractivity contribution is 0.321. The molecule has 1 aliphatic heterocycles. The summed E-state index contributed by atoms with van der Waals surface area (Å²) in [6.45, 7) is 2.32. The maximum atomic E-state index is 13.9. The molecule has 1 aromatic heterocycles. The first kappa shape index (κ1) is 23.8. The molecule has 0 fully saturated rings. The van der Waals surface area contributed by atoms with Crippen molar-refractivity contribution in [2.24, 2.45) is 5.73 Å². The van der Waals surface area contributed by atoms with Gasteiger partial charge in [-0.15, -0.1) is 0 Å². The zero-order chi connectivity index (χ0) is 25.1. The van der Waals surface area contributed by atoms with E-state index in [1.165, 1.54) is 21.3 Å². The molecule has 0 amide bonds. The van der Waals surface area contributed by atoms with E-state index in [1.54, 1.807) is 22.8 Å². The minimum Gasteiger partial charge on any atom is -0.493 e. The number of benzene rings is 2. The average molecular weight is 474 g/mol. The number of nitrogens with zero attached hydrogens (tertiary/aromatic N) is 2. The van der Waals surface area contributed by atoms with Crippen molar-refractivity contribution in [3.8, 4) is 29.1 Å². The minimum atomic E-state index is -0.811. The summed E-state index contributed by atoms with van der Waals surface area (Å²) < 4.78 is 24.1. The molecule has 0 spiro atoms. The third kappa shape index (κ3) is 4.17. The summed E-state index contributed by atoms with van der Waals surface area (Å²) in [5.74, 6) is 0.619. The fraction of sp³-hybridized carbons (Fsp3) is 0.259. The van der Waals surface area contributed by atoms with Gasteiger partial charge in [-0.3, -0.25) is 4.79 Å². The Balaban J connectivity index is 1.92. The van der Waals surface area contributed by atoms with Crippen LogP contribution in [-0.2, 0) is 13.0 Å². The van der Waals surface area contributed by atoms with Gasteiger partial charge in [0, 0.05) is 23.9 Å². The lowest BCUT2D eigenvalue weighted by Crippen LogP contribution is -2.33. The molecule has 8 nitrogen and oxygen atoms in total. The number of allylic oxidation sites excluding steroid dienone is 1. The van der Waals surface area contributed by atoms with Crippen LogP contribution in [0.15, 0.2) is 64.8 Å². The molecule has 1 atom stereocenters. The minimum absolute atomic E-state index is 0.0531. The molecule has 0 radical (unpaired) electrons. The van der Waals surface area contributed by atoms with Crippen molar-refractivity contribution in [1.82, 2.24) is 4.57 Å². The summed E-state index contributed by atoms with van der Waals surface area (Å²) in [6, 6.07) is 17.3. The SMILES string of the molecule is COc1ccc(C2C(C#N)=C(N)Oc3cc(C)n(CCc4ccccc4)c(=O)c32)c(OC)c1OC. The van der Waals surface area contributed by atoms with Crippen LogP contribution in [0.3, 0.4) is 0 Å². The molecule has 2 aromatic carbocycles. The normalized spacial score (nSPS) is 14.5. The van der Waals surface area contributed by atoms with Gasteiger partial charge < -0.3 is 29.2 Å². The van der Waals surface area contributed by atoms with E-state index in [9.17, 15) is 10.1 Å². The first-order valence-corrected chi connectivity index (χ1v) is 11.1. The van der Waals surface area contributed by atoms with Crippen molar-refractivity contribution in [3.63, 3.8) is 0 Å². The number of methoxy groups -OCH3 is 3. The Morgan fingerprint density at radius 2 is 1.77 bits per heavy atom. The molecule has 1 aliphatic rings. The highest BCUT2D eigenvalue weighted by Gasteiger charge is 2.37. The van der Waals surface area contributed by atoms with Crippen LogP contribution in [0.25, 0.3) is 0 Å². The highest BCUT2D eigenvalue weighted by Crippen LogP contribution is 2.48. The number of rotatable bonds is 7. The van der Waals surface area contributed by atoms with E-state index in [1.807, 2.05) is 37.3 Å². The van der Waals surface area contributed by atoms with Crippen molar-refractivity contribution >= 4 is 0 Å². The molecule has 8 heteroatoms. The number of aryl methyl sites for hydroxylation is 2. The second-order valence-corrected chi connectivity index (χ2v) is 8.10. The van der Waals surface area contributed by atoms with Crippen LogP contribution in [0, 0.1) is 18.3 Å². The molecular formula is C27H27N3O5. The van der Waals surface area contributed by atoms with Crippen LogP contribution in [0.1, 0.15) is 28.3 Å². The van der Waals surface area contributed by atoms with Crippen LogP contribution >= 0.6 is 0 Å². The zero-order valence-corrected chi connectivity index (χ0v) is 20.1. The highest BCUT2D eigenvalue weighted by molar-refractivity contribution is 5.64. The molecule has 0 saturated carbocycles. The second-order valence-electron chi connectivity index (χ2n) is 8.10. The molecule has 3 aromatic rings. The first-order valence-electron chi connectivity index (χ1n) is 11.1. The molecule has 180 valence electrons. The number of nitriles is 1. The summed E-state index contributed by atoms with van der Waals surface area (Å²) in [7, 11) is 4.51. The largest absolute Gasteiger partial charge is 0.493 e. The Bertz CT molecular complexity index is 1390. The number of hydrogen-bond donors (Lipinski definition) is 1. The lowest BCUT2D eigenvalue weighted by Gasteiger charge is -2.29. The van der Waals surface area contributed by atoms with Gasteiger partial charge in [0.15, 0.2) is 11.5 Å². The van der Waals surface area contributed by atoms with Gasteiger partial charge >= 0.3 is 0 Å². The van der Waals surface area contributed by atoms with Gasteiger partial charge in [0.25, 0.3) is 5.56 Å². The molecular weight excluding hydrogens is 446 g/mol. The quantitative estimate of drug-likeness (QED) is 0.558. The Labute approximate surface area is 203 Å². The maximum absolute atomic E-state index is 13.9. The second kappa shape index (κ2) is 9.85. The maximum Gasteiger partial charge on any atom is 0.258 e. The molecule has 4 rings (SSSR count). The zero-order valence-electron chi connectivity index (χ0n) is 20.1. The summed E-state index contributed by atoms with van der Waals surface area (Å²) >= 11 is 0. The van der Waals surface area contributed by atoms with Gasteiger partial charge in [0.05, 0.1) is 32.8 Å². The van der Waals surface area contributed by atoms with Gasteiger partial charge in [-0.2, -0.15) is 5.26 Å². The Morgan fingerprint density at radius 3 is 2.40 bits per heavy atom. The number of pyridine rings is 1. The van der Waals surface area contributed by atoms with Crippen molar-refractivity contribution in [1.29, 1.82) is 5.26 Å². The van der Waals surface area contributed by atoms with Gasteiger partial charge in [-0.25, -0.2) is 0 Å². The van der Waals surface area contributed by atoms with Crippen LogP contribution in [0.5, 0.6) is 23.0 Å². The molecule has 1 unspecified atom stereocenters. The van der Waals surface area contributed by atoms with Crippen LogP contribution in [0.4, 0.5) is 0 Å². The van der Waals surface area contributed by atoms with E-state index < -0.39 is 5.92 Å². The van der Waals surface area contributed by atoms with E-state index in [4.69, 9.17) is 24.7 Å². The number of hydrogen-bond acceptors (Lipinski definition) is 7. The van der Waals surface area contributed by atoms with Crippen molar-refractivity contribution < 1.29 is 18.9 Å².